The Morgan fingerprint density at radius 3 is 2.73 bits per heavy atom. The first kappa shape index (κ1) is 21.3. The number of urea groups is 1. The van der Waals surface area contributed by atoms with Gasteiger partial charge in [-0.3, -0.25) is 0 Å². The highest BCUT2D eigenvalue weighted by Crippen LogP contribution is 2.36. The van der Waals surface area contributed by atoms with Crippen molar-refractivity contribution < 1.29 is 13.8 Å². The van der Waals surface area contributed by atoms with Crippen molar-refractivity contribution in [3.63, 3.8) is 0 Å². The van der Waals surface area contributed by atoms with Crippen LogP contribution in [0.3, 0.4) is 0 Å². The van der Waals surface area contributed by atoms with E-state index in [4.69, 9.17) is 20.6 Å². The number of aryl methyl sites for hydroxylation is 1. The third-order valence-corrected chi connectivity index (χ3v) is 6.19. The maximum atomic E-state index is 13.3. The van der Waals surface area contributed by atoms with Gasteiger partial charge < -0.3 is 19.3 Å². The Morgan fingerprint density at radius 2 is 1.94 bits per heavy atom. The number of nitrogens with one attached hydrogen (secondary N) is 1. The Kier molecular flexibility index (Phi) is 5.88. The van der Waals surface area contributed by atoms with Gasteiger partial charge in [-0.25, -0.2) is 4.79 Å². The van der Waals surface area contributed by atoms with Gasteiger partial charge in [0.1, 0.15) is 11.4 Å². The van der Waals surface area contributed by atoms with Crippen molar-refractivity contribution >= 4 is 23.3 Å². The molecule has 1 fully saturated rings. The first-order chi connectivity index (χ1) is 16.1. The molecule has 33 heavy (non-hydrogen) atoms. The molecule has 0 saturated carbocycles. The van der Waals surface area contributed by atoms with Gasteiger partial charge in [-0.15, -0.1) is 0 Å². The number of anilines is 1. The summed E-state index contributed by atoms with van der Waals surface area (Å²) in [5.41, 5.74) is 4.14. The van der Waals surface area contributed by atoms with Crippen LogP contribution in [0.25, 0.3) is 11.3 Å². The standard InChI is InChI=1S/C25H23ClN4O3/c1-16-22(23(29-32-16)18-6-3-2-4-7-18)28-25(31)30-13-5-8-21(30)24-19(15-27-33-24)14-17-9-11-20(26)12-10-17/h2-4,6-7,9-12,15,21H,5,8,13-14H2,1H3,(H,28,31)/t21-/m1/s1. The summed E-state index contributed by atoms with van der Waals surface area (Å²) >= 11 is 6.01. The molecule has 1 atom stereocenters. The molecular formula is C25H23ClN4O3. The molecule has 8 heteroatoms. The molecule has 0 bridgehead atoms. The second kappa shape index (κ2) is 9.11. The molecule has 7 nitrogen and oxygen atoms in total. The Bertz CT molecular complexity index is 1250. The molecule has 1 aliphatic heterocycles. The summed E-state index contributed by atoms with van der Waals surface area (Å²) in [7, 11) is 0. The number of rotatable bonds is 5. The number of nitrogens with zero attached hydrogens (tertiary/aromatic N) is 3. The maximum Gasteiger partial charge on any atom is 0.322 e. The van der Waals surface area contributed by atoms with Gasteiger partial charge >= 0.3 is 6.03 Å². The van der Waals surface area contributed by atoms with E-state index >= 15 is 0 Å². The highest BCUT2D eigenvalue weighted by molar-refractivity contribution is 6.30. The topological polar surface area (TPSA) is 84.4 Å². The predicted octanol–water partition coefficient (Wildman–Crippen LogP) is 6.25. The molecular weight excluding hydrogens is 440 g/mol. The van der Waals surface area contributed by atoms with Gasteiger partial charge in [-0.05, 0) is 37.5 Å². The van der Waals surface area contributed by atoms with Crippen molar-refractivity contribution in [2.75, 3.05) is 11.9 Å². The van der Waals surface area contributed by atoms with E-state index in [0.717, 1.165) is 35.3 Å². The van der Waals surface area contributed by atoms with Gasteiger partial charge in [-0.1, -0.05) is 64.4 Å². The highest BCUT2D eigenvalue weighted by Gasteiger charge is 2.35. The summed E-state index contributed by atoms with van der Waals surface area (Å²) in [6.07, 6.45) is 4.08. The smallest absolute Gasteiger partial charge is 0.322 e. The number of carbonyl (C=O) groups excluding carboxylic acids is 1. The number of carbonyl (C=O) groups is 1. The van der Waals surface area contributed by atoms with Crippen LogP contribution in [0.5, 0.6) is 0 Å². The average Bonchev–Trinajstić information content (AvgIpc) is 3.56. The monoisotopic (exact) mass is 462 g/mol. The molecule has 1 aliphatic rings. The van der Waals surface area contributed by atoms with Crippen molar-refractivity contribution in [1.29, 1.82) is 0 Å². The Hall–Kier alpha value is -3.58. The van der Waals surface area contributed by atoms with Crippen molar-refractivity contribution in [3.05, 3.63) is 88.5 Å². The van der Waals surface area contributed by atoms with E-state index < -0.39 is 0 Å². The number of aromatic nitrogens is 2. The van der Waals surface area contributed by atoms with Crippen LogP contribution >= 0.6 is 11.6 Å². The van der Waals surface area contributed by atoms with Crippen LogP contribution in [0, 0.1) is 6.92 Å². The molecule has 0 aliphatic carbocycles. The molecule has 5 rings (SSSR count). The Morgan fingerprint density at radius 1 is 1.15 bits per heavy atom. The second-order valence-electron chi connectivity index (χ2n) is 8.13. The number of halogens is 1. The number of hydrogen-bond acceptors (Lipinski definition) is 5. The molecule has 4 aromatic rings. The predicted molar refractivity (Wildman–Crippen MR) is 125 cm³/mol. The van der Waals surface area contributed by atoms with Gasteiger partial charge in [0.15, 0.2) is 11.5 Å². The molecule has 3 heterocycles. The summed E-state index contributed by atoms with van der Waals surface area (Å²) < 4.78 is 11.0. The summed E-state index contributed by atoms with van der Waals surface area (Å²) in [5.74, 6) is 1.28. The van der Waals surface area contributed by atoms with E-state index in [9.17, 15) is 4.79 Å². The number of amides is 2. The minimum absolute atomic E-state index is 0.185. The van der Waals surface area contributed by atoms with Gasteiger partial charge in [0.05, 0.1) is 12.2 Å². The largest absolute Gasteiger partial charge is 0.359 e. The normalized spacial score (nSPS) is 15.7. The van der Waals surface area contributed by atoms with Crippen LogP contribution in [-0.4, -0.2) is 27.8 Å². The fourth-order valence-electron chi connectivity index (χ4n) is 4.27. The number of likely N-dealkylation sites (tertiary alicyclic amines) is 1. The van der Waals surface area contributed by atoms with Crippen LogP contribution in [0.2, 0.25) is 5.02 Å². The van der Waals surface area contributed by atoms with Gasteiger partial charge in [0.2, 0.25) is 0 Å². The van der Waals surface area contributed by atoms with Crippen molar-refractivity contribution in [1.82, 2.24) is 15.2 Å². The maximum absolute atomic E-state index is 13.3. The summed E-state index contributed by atoms with van der Waals surface area (Å²) in [5, 5.41) is 11.9. The lowest BCUT2D eigenvalue weighted by molar-refractivity contribution is 0.195. The molecule has 0 spiro atoms. The van der Waals surface area contributed by atoms with Gasteiger partial charge in [0, 0.05) is 29.1 Å². The Balaban J connectivity index is 1.36. The summed E-state index contributed by atoms with van der Waals surface area (Å²) in [6.45, 7) is 2.42. The van der Waals surface area contributed by atoms with Crippen LogP contribution in [0.4, 0.5) is 10.5 Å². The van der Waals surface area contributed by atoms with E-state index in [1.807, 2.05) is 54.6 Å². The van der Waals surface area contributed by atoms with Crippen molar-refractivity contribution in [2.24, 2.45) is 0 Å². The molecule has 168 valence electrons. The van der Waals surface area contributed by atoms with E-state index in [2.05, 4.69) is 15.6 Å². The molecule has 0 radical (unpaired) electrons. The fraction of sp³-hybridized carbons (Fsp3) is 0.240. The zero-order valence-corrected chi connectivity index (χ0v) is 18.9. The summed E-state index contributed by atoms with van der Waals surface area (Å²) in [4.78, 5) is 15.1. The van der Waals surface area contributed by atoms with E-state index in [1.165, 1.54) is 0 Å². The van der Waals surface area contributed by atoms with Crippen LogP contribution < -0.4 is 5.32 Å². The zero-order valence-electron chi connectivity index (χ0n) is 18.1. The first-order valence-electron chi connectivity index (χ1n) is 10.9. The highest BCUT2D eigenvalue weighted by atomic mass is 35.5. The molecule has 2 amide bonds. The lowest BCUT2D eigenvalue weighted by Crippen LogP contribution is -2.34. The molecule has 2 aromatic heterocycles. The Labute approximate surface area is 196 Å². The second-order valence-corrected chi connectivity index (χ2v) is 8.56. The fourth-order valence-corrected chi connectivity index (χ4v) is 4.40. The molecule has 0 unspecified atom stereocenters. The molecule has 1 N–H and O–H groups in total. The average molecular weight is 463 g/mol. The third kappa shape index (κ3) is 4.36. The SMILES string of the molecule is Cc1onc(-c2ccccc2)c1NC(=O)N1CCC[C@@H]1c1oncc1Cc1ccc(Cl)cc1. The first-order valence-corrected chi connectivity index (χ1v) is 11.2. The lowest BCUT2D eigenvalue weighted by atomic mass is 10.0. The lowest BCUT2D eigenvalue weighted by Gasteiger charge is -2.24. The zero-order chi connectivity index (χ0) is 22.8. The van der Waals surface area contributed by atoms with Crippen molar-refractivity contribution in [3.8, 4) is 11.3 Å². The van der Waals surface area contributed by atoms with Gasteiger partial charge in [0.25, 0.3) is 0 Å². The minimum Gasteiger partial charge on any atom is -0.359 e. The van der Waals surface area contributed by atoms with Gasteiger partial charge in [-0.2, -0.15) is 0 Å². The molecule has 1 saturated heterocycles. The van der Waals surface area contributed by atoms with Crippen LogP contribution in [0.1, 0.15) is 41.5 Å². The molecule has 2 aromatic carbocycles. The quantitative estimate of drug-likeness (QED) is 0.379. The van der Waals surface area contributed by atoms with Crippen molar-refractivity contribution in [2.45, 2.75) is 32.2 Å². The van der Waals surface area contributed by atoms with E-state index in [-0.39, 0.29) is 12.1 Å². The van der Waals surface area contributed by atoms with E-state index in [0.29, 0.717) is 35.1 Å². The third-order valence-electron chi connectivity index (χ3n) is 5.94. The van der Waals surface area contributed by atoms with E-state index in [1.54, 1.807) is 18.0 Å². The number of benzene rings is 2. The number of hydrogen-bond donors (Lipinski definition) is 1. The summed E-state index contributed by atoms with van der Waals surface area (Å²) in [6, 6.07) is 17.0. The van der Waals surface area contributed by atoms with Crippen LogP contribution in [0.15, 0.2) is 69.8 Å². The van der Waals surface area contributed by atoms with Crippen LogP contribution in [-0.2, 0) is 6.42 Å². The minimum atomic E-state index is -0.213.